The largest absolute Gasteiger partial charge is 0.378 e. The molecular formula is C16H16N6O4. The van der Waals surface area contributed by atoms with Crippen LogP contribution in [0, 0.1) is 10.1 Å². The van der Waals surface area contributed by atoms with E-state index in [4.69, 9.17) is 5.73 Å². The first-order chi connectivity index (χ1) is 12.5. The summed E-state index contributed by atoms with van der Waals surface area (Å²) in [6.45, 7) is -0.140. The van der Waals surface area contributed by atoms with Crippen LogP contribution in [0.5, 0.6) is 0 Å². The van der Waals surface area contributed by atoms with E-state index in [1.54, 1.807) is 0 Å². The number of anilines is 2. The predicted molar refractivity (Wildman–Crippen MR) is 92.2 cm³/mol. The number of nitrogen functional groups attached to an aromatic ring is 1. The van der Waals surface area contributed by atoms with E-state index < -0.39 is 22.4 Å². The first kappa shape index (κ1) is 17.3. The standard InChI is InChI=1S/C16H16N6O4/c17-15-14(22(25)26)16(19-10-18-15)20-8-12(23)21(13(24)9-20)7-6-11-4-2-1-3-5-11/h1-5,10H,6-9H2,(H2,17,18,19). The number of carbonyl (C=O) groups is 2. The minimum Gasteiger partial charge on any atom is -0.378 e. The van der Waals surface area contributed by atoms with Gasteiger partial charge in [0.1, 0.15) is 6.33 Å². The third kappa shape index (κ3) is 3.43. The van der Waals surface area contributed by atoms with Gasteiger partial charge in [-0.15, -0.1) is 0 Å². The Morgan fingerprint density at radius 2 is 1.77 bits per heavy atom. The lowest BCUT2D eigenvalue weighted by molar-refractivity contribution is -0.383. The fourth-order valence-electron chi connectivity index (χ4n) is 2.77. The highest BCUT2D eigenvalue weighted by molar-refractivity contribution is 6.03. The number of hydrogen-bond donors (Lipinski definition) is 1. The van der Waals surface area contributed by atoms with Gasteiger partial charge in [0.25, 0.3) is 0 Å². The second-order valence-electron chi connectivity index (χ2n) is 5.72. The molecule has 10 heteroatoms. The van der Waals surface area contributed by atoms with E-state index in [2.05, 4.69) is 9.97 Å². The van der Waals surface area contributed by atoms with Crippen LogP contribution >= 0.6 is 0 Å². The zero-order valence-corrected chi connectivity index (χ0v) is 13.7. The zero-order valence-electron chi connectivity index (χ0n) is 13.7. The summed E-state index contributed by atoms with van der Waals surface area (Å²) in [6, 6.07) is 9.49. The van der Waals surface area contributed by atoms with Crippen LogP contribution in [0.2, 0.25) is 0 Å². The summed E-state index contributed by atoms with van der Waals surface area (Å²) in [5.41, 5.74) is 6.04. The predicted octanol–water partition coefficient (Wildman–Crippen LogP) is 0.385. The van der Waals surface area contributed by atoms with Crippen LogP contribution in [0.25, 0.3) is 0 Å². The summed E-state index contributed by atoms with van der Waals surface area (Å²) in [6.07, 6.45) is 1.60. The molecule has 1 aromatic carbocycles. The van der Waals surface area contributed by atoms with Crippen LogP contribution in [0.1, 0.15) is 5.56 Å². The zero-order chi connectivity index (χ0) is 18.7. The highest BCUT2D eigenvalue weighted by Gasteiger charge is 2.35. The van der Waals surface area contributed by atoms with E-state index in [0.29, 0.717) is 6.42 Å². The summed E-state index contributed by atoms with van der Waals surface area (Å²) < 4.78 is 0. The van der Waals surface area contributed by atoms with Gasteiger partial charge in [-0.05, 0) is 12.0 Å². The highest BCUT2D eigenvalue weighted by Crippen LogP contribution is 2.30. The molecule has 134 valence electrons. The number of carbonyl (C=O) groups excluding carboxylic acids is 2. The number of aromatic nitrogens is 2. The smallest absolute Gasteiger partial charge is 0.353 e. The number of piperazine rings is 1. The Bertz CT molecular complexity index is 839. The van der Waals surface area contributed by atoms with Crippen LogP contribution < -0.4 is 10.6 Å². The molecule has 0 atom stereocenters. The van der Waals surface area contributed by atoms with Gasteiger partial charge in [0.05, 0.1) is 18.0 Å². The number of rotatable bonds is 5. The summed E-state index contributed by atoms with van der Waals surface area (Å²) in [7, 11) is 0. The molecule has 1 saturated heterocycles. The van der Waals surface area contributed by atoms with E-state index in [9.17, 15) is 19.7 Å². The number of nitro groups is 1. The third-order valence-corrected chi connectivity index (χ3v) is 4.03. The van der Waals surface area contributed by atoms with Crippen molar-refractivity contribution in [3.05, 3.63) is 52.3 Å². The Kier molecular flexibility index (Phi) is 4.74. The van der Waals surface area contributed by atoms with E-state index >= 15 is 0 Å². The molecule has 10 nitrogen and oxygen atoms in total. The number of nitrogens with two attached hydrogens (primary N) is 1. The maximum Gasteiger partial charge on any atom is 0.353 e. The van der Waals surface area contributed by atoms with Crippen molar-refractivity contribution in [3.8, 4) is 0 Å². The average Bonchev–Trinajstić information content (AvgIpc) is 2.61. The van der Waals surface area contributed by atoms with Gasteiger partial charge in [-0.1, -0.05) is 30.3 Å². The molecule has 0 unspecified atom stereocenters. The van der Waals surface area contributed by atoms with Crippen molar-refractivity contribution < 1.29 is 14.5 Å². The Balaban J connectivity index is 1.75. The van der Waals surface area contributed by atoms with Crippen molar-refractivity contribution in [2.24, 2.45) is 0 Å². The van der Waals surface area contributed by atoms with E-state index in [-0.39, 0.29) is 31.3 Å². The molecule has 1 aromatic heterocycles. The number of benzene rings is 1. The SMILES string of the molecule is Nc1ncnc(N2CC(=O)N(CCc3ccccc3)C(=O)C2)c1[N+](=O)[O-]. The Labute approximate surface area is 148 Å². The normalized spacial score (nSPS) is 14.6. The Morgan fingerprint density at radius 3 is 2.38 bits per heavy atom. The van der Waals surface area contributed by atoms with Crippen molar-refractivity contribution in [1.29, 1.82) is 0 Å². The molecule has 0 aliphatic carbocycles. The number of nitrogens with zero attached hydrogens (tertiary/aromatic N) is 5. The minimum atomic E-state index is -0.721. The van der Waals surface area contributed by atoms with Crippen LogP contribution in [-0.2, 0) is 16.0 Å². The molecule has 2 aromatic rings. The fourth-order valence-corrected chi connectivity index (χ4v) is 2.77. The molecule has 26 heavy (non-hydrogen) atoms. The molecular weight excluding hydrogens is 340 g/mol. The molecule has 1 fully saturated rings. The molecule has 0 spiro atoms. The second-order valence-corrected chi connectivity index (χ2v) is 5.72. The molecule has 2 N–H and O–H groups in total. The molecule has 2 heterocycles. The van der Waals surface area contributed by atoms with Crippen LogP contribution in [0.4, 0.5) is 17.3 Å². The van der Waals surface area contributed by atoms with Gasteiger partial charge in [0, 0.05) is 6.54 Å². The molecule has 1 aliphatic rings. The van der Waals surface area contributed by atoms with E-state index in [0.717, 1.165) is 11.9 Å². The van der Waals surface area contributed by atoms with Gasteiger partial charge in [-0.25, -0.2) is 9.97 Å². The van der Waals surface area contributed by atoms with Gasteiger partial charge in [-0.2, -0.15) is 0 Å². The monoisotopic (exact) mass is 356 g/mol. The van der Waals surface area contributed by atoms with E-state index in [1.165, 1.54) is 9.80 Å². The summed E-state index contributed by atoms with van der Waals surface area (Å²) in [5.74, 6) is -1.33. The molecule has 0 radical (unpaired) electrons. The van der Waals surface area contributed by atoms with Gasteiger partial charge in [0.2, 0.25) is 23.5 Å². The molecule has 2 amide bonds. The fraction of sp³-hybridized carbons (Fsp3) is 0.250. The lowest BCUT2D eigenvalue weighted by Gasteiger charge is -2.33. The van der Waals surface area contributed by atoms with Crippen molar-refractivity contribution >= 4 is 29.1 Å². The average molecular weight is 356 g/mol. The summed E-state index contributed by atoms with van der Waals surface area (Å²) in [4.78, 5) is 45.1. The first-order valence-electron chi connectivity index (χ1n) is 7.84. The summed E-state index contributed by atoms with van der Waals surface area (Å²) in [5, 5.41) is 11.2. The van der Waals surface area contributed by atoms with E-state index in [1.807, 2.05) is 30.3 Å². The van der Waals surface area contributed by atoms with Crippen molar-refractivity contribution in [3.63, 3.8) is 0 Å². The minimum absolute atomic E-state index is 0.132. The van der Waals surface area contributed by atoms with Gasteiger partial charge in [-0.3, -0.25) is 24.6 Å². The summed E-state index contributed by atoms with van der Waals surface area (Å²) >= 11 is 0. The molecule has 0 bridgehead atoms. The molecule has 0 saturated carbocycles. The highest BCUT2D eigenvalue weighted by atomic mass is 16.6. The number of amides is 2. The van der Waals surface area contributed by atoms with Crippen molar-refractivity contribution in [2.45, 2.75) is 6.42 Å². The van der Waals surface area contributed by atoms with Crippen LogP contribution in [-0.4, -0.2) is 51.2 Å². The van der Waals surface area contributed by atoms with Gasteiger partial charge < -0.3 is 10.6 Å². The molecule has 3 rings (SSSR count). The first-order valence-corrected chi connectivity index (χ1v) is 7.84. The third-order valence-electron chi connectivity index (χ3n) is 4.03. The maximum absolute atomic E-state index is 12.4. The number of hydrogen-bond acceptors (Lipinski definition) is 8. The van der Waals surface area contributed by atoms with Gasteiger partial charge >= 0.3 is 5.69 Å². The lowest BCUT2D eigenvalue weighted by Crippen LogP contribution is -2.54. The van der Waals surface area contributed by atoms with Crippen molar-refractivity contribution in [1.82, 2.24) is 14.9 Å². The maximum atomic E-state index is 12.4. The second kappa shape index (κ2) is 7.13. The Morgan fingerprint density at radius 1 is 1.12 bits per heavy atom. The van der Waals surface area contributed by atoms with Gasteiger partial charge in [0.15, 0.2) is 0 Å². The lowest BCUT2D eigenvalue weighted by atomic mass is 10.1. The quantitative estimate of drug-likeness (QED) is 0.461. The van der Waals surface area contributed by atoms with Crippen molar-refractivity contribution in [2.75, 3.05) is 30.3 Å². The molecule has 1 aliphatic heterocycles. The number of imide groups is 1. The Hall–Kier alpha value is -3.56. The topological polar surface area (TPSA) is 136 Å². The van der Waals surface area contributed by atoms with Crippen LogP contribution in [0.3, 0.4) is 0 Å². The van der Waals surface area contributed by atoms with Crippen LogP contribution in [0.15, 0.2) is 36.7 Å².